The number of nitrogens with one attached hydrogen (secondary N) is 1. The zero-order valence-electron chi connectivity index (χ0n) is 16.0. The summed E-state index contributed by atoms with van der Waals surface area (Å²) in [6, 6.07) is 14.6. The lowest BCUT2D eigenvalue weighted by molar-refractivity contribution is -0.118. The van der Waals surface area contributed by atoms with Gasteiger partial charge in [0.15, 0.2) is 6.61 Å². The van der Waals surface area contributed by atoms with E-state index >= 15 is 0 Å². The lowest BCUT2D eigenvalue weighted by atomic mass is 10.0. The molecule has 7 heteroatoms. The highest BCUT2D eigenvalue weighted by molar-refractivity contribution is 7.15. The second kappa shape index (κ2) is 9.58. The molecule has 3 rings (SSSR count). The van der Waals surface area contributed by atoms with Crippen LogP contribution in [-0.4, -0.2) is 25.1 Å². The van der Waals surface area contributed by atoms with Gasteiger partial charge in [-0.1, -0.05) is 47.5 Å². The lowest BCUT2D eigenvalue weighted by Crippen LogP contribution is -2.21. The summed E-state index contributed by atoms with van der Waals surface area (Å²) in [7, 11) is 0. The Morgan fingerprint density at radius 2 is 1.90 bits per heavy atom. The average molecular weight is 430 g/mol. The van der Waals surface area contributed by atoms with Crippen LogP contribution in [0.1, 0.15) is 22.8 Å². The second-order valence-corrected chi connectivity index (χ2v) is 7.55. The van der Waals surface area contributed by atoms with Crippen LogP contribution in [0.3, 0.4) is 0 Å². The minimum absolute atomic E-state index is 0.208. The summed E-state index contributed by atoms with van der Waals surface area (Å²) in [4.78, 5) is 25.0. The van der Waals surface area contributed by atoms with E-state index in [-0.39, 0.29) is 19.1 Å². The molecule has 1 N–H and O–H groups in total. The van der Waals surface area contributed by atoms with E-state index in [1.807, 2.05) is 36.6 Å². The molecular formula is C22H20ClNO4S. The van der Waals surface area contributed by atoms with Crippen molar-refractivity contribution in [3.8, 4) is 16.9 Å². The van der Waals surface area contributed by atoms with Crippen LogP contribution >= 0.6 is 22.9 Å². The van der Waals surface area contributed by atoms with Gasteiger partial charge in [-0.05, 0) is 37.6 Å². The molecule has 5 nitrogen and oxygen atoms in total. The van der Waals surface area contributed by atoms with Gasteiger partial charge in [-0.2, -0.15) is 0 Å². The van der Waals surface area contributed by atoms with E-state index in [1.165, 1.54) is 11.3 Å². The minimum Gasteiger partial charge on any atom is -0.484 e. The Bertz CT molecular complexity index is 1010. The molecule has 0 saturated carbocycles. The largest absolute Gasteiger partial charge is 0.484 e. The number of ether oxygens (including phenoxy) is 2. The number of carbonyl (C=O) groups is 2. The summed E-state index contributed by atoms with van der Waals surface area (Å²) in [5.41, 5.74) is 3.07. The normalized spacial score (nSPS) is 10.4. The molecule has 0 aliphatic rings. The molecule has 0 radical (unpaired) electrons. The van der Waals surface area contributed by atoms with Crippen molar-refractivity contribution in [1.82, 2.24) is 0 Å². The molecule has 0 bridgehead atoms. The number of carbonyl (C=O) groups excluding carboxylic acids is 2. The SMILES string of the molecule is CCOC(=O)c1c(-c2ccc(C)cc2)csc1NC(=O)COc1cccc(Cl)c1. The van der Waals surface area contributed by atoms with E-state index in [1.54, 1.807) is 31.2 Å². The molecule has 0 aliphatic heterocycles. The van der Waals surface area contributed by atoms with Gasteiger partial charge in [-0.15, -0.1) is 11.3 Å². The van der Waals surface area contributed by atoms with E-state index in [0.29, 0.717) is 21.3 Å². The van der Waals surface area contributed by atoms with Crippen LogP contribution in [0.5, 0.6) is 5.75 Å². The summed E-state index contributed by atoms with van der Waals surface area (Å²) in [5, 5.41) is 5.55. The van der Waals surface area contributed by atoms with Crippen LogP contribution in [0, 0.1) is 6.92 Å². The van der Waals surface area contributed by atoms with Crippen LogP contribution in [0.2, 0.25) is 5.02 Å². The predicted octanol–water partition coefficient (Wildman–Crippen LogP) is 5.57. The minimum atomic E-state index is -0.476. The third-order valence-electron chi connectivity index (χ3n) is 4.05. The Morgan fingerprint density at radius 1 is 1.14 bits per heavy atom. The van der Waals surface area contributed by atoms with Crippen LogP contribution in [0.25, 0.3) is 11.1 Å². The van der Waals surface area contributed by atoms with Crippen molar-refractivity contribution in [1.29, 1.82) is 0 Å². The maximum Gasteiger partial charge on any atom is 0.341 e. The maximum atomic E-state index is 12.6. The molecule has 3 aromatic rings. The van der Waals surface area contributed by atoms with Crippen molar-refractivity contribution in [2.45, 2.75) is 13.8 Å². The average Bonchev–Trinajstić information content (AvgIpc) is 3.11. The number of halogens is 1. The number of amides is 1. The first kappa shape index (κ1) is 20.9. The maximum absolute atomic E-state index is 12.6. The Labute approximate surface area is 178 Å². The highest BCUT2D eigenvalue weighted by atomic mass is 35.5. The third kappa shape index (κ3) is 5.37. The van der Waals surface area contributed by atoms with Crippen LogP contribution < -0.4 is 10.1 Å². The number of anilines is 1. The first-order valence-corrected chi connectivity index (χ1v) is 10.3. The van der Waals surface area contributed by atoms with Crippen molar-refractivity contribution >= 4 is 39.8 Å². The van der Waals surface area contributed by atoms with Crippen molar-refractivity contribution in [2.24, 2.45) is 0 Å². The number of hydrogen-bond acceptors (Lipinski definition) is 5. The van der Waals surface area contributed by atoms with Crippen molar-refractivity contribution in [3.63, 3.8) is 0 Å². The van der Waals surface area contributed by atoms with E-state index in [4.69, 9.17) is 21.1 Å². The molecule has 150 valence electrons. The topological polar surface area (TPSA) is 64.6 Å². The summed E-state index contributed by atoms with van der Waals surface area (Å²) in [6.07, 6.45) is 0. The Kier molecular flexibility index (Phi) is 6.90. The van der Waals surface area contributed by atoms with Gasteiger partial charge in [0.1, 0.15) is 16.3 Å². The molecule has 1 aromatic heterocycles. The van der Waals surface area contributed by atoms with Crippen LogP contribution in [0.4, 0.5) is 5.00 Å². The van der Waals surface area contributed by atoms with E-state index in [0.717, 1.165) is 16.7 Å². The van der Waals surface area contributed by atoms with Gasteiger partial charge >= 0.3 is 5.97 Å². The van der Waals surface area contributed by atoms with Crippen LogP contribution in [-0.2, 0) is 9.53 Å². The second-order valence-electron chi connectivity index (χ2n) is 6.23. The van der Waals surface area contributed by atoms with Gasteiger partial charge in [0.25, 0.3) is 5.91 Å². The Balaban J connectivity index is 1.79. The molecule has 1 heterocycles. The number of rotatable bonds is 7. The van der Waals surface area contributed by atoms with Crippen LogP contribution in [0.15, 0.2) is 53.9 Å². The lowest BCUT2D eigenvalue weighted by Gasteiger charge is -2.10. The molecule has 1 amide bonds. The molecule has 0 atom stereocenters. The molecule has 29 heavy (non-hydrogen) atoms. The van der Waals surface area contributed by atoms with Gasteiger partial charge in [0.2, 0.25) is 0 Å². The zero-order chi connectivity index (χ0) is 20.8. The van der Waals surface area contributed by atoms with Gasteiger partial charge in [-0.3, -0.25) is 4.79 Å². The standard InChI is InChI=1S/C22H20ClNO4S/c1-3-27-22(26)20-18(15-9-7-14(2)8-10-15)13-29-21(20)24-19(25)12-28-17-6-4-5-16(23)11-17/h4-11,13H,3,12H2,1-2H3,(H,24,25). The highest BCUT2D eigenvalue weighted by Crippen LogP contribution is 2.36. The molecule has 0 spiro atoms. The van der Waals surface area contributed by atoms with Crippen molar-refractivity contribution in [3.05, 3.63) is 70.1 Å². The number of thiophene rings is 1. The number of esters is 1. The number of hydrogen-bond donors (Lipinski definition) is 1. The van der Waals surface area contributed by atoms with Gasteiger partial charge in [0.05, 0.1) is 6.61 Å². The predicted molar refractivity (Wildman–Crippen MR) is 116 cm³/mol. The fourth-order valence-corrected chi connectivity index (χ4v) is 3.82. The number of benzene rings is 2. The number of aryl methyl sites for hydroxylation is 1. The molecule has 0 saturated heterocycles. The van der Waals surface area contributed by atoms with E-state index in [2.05, 4.69) is 5.32 Å². The van der Waals surface area contributed by atoms with Crippen molar-refractivity contribution < 1.29 is 19.1 Å². The monoisotopic (exact) mass is 429 g/mol. The summed E-state index contributed by atoms with van der Waals surface area (Å²) in [5.74, 6) is -0.368. The fourth-order valence-electron chi connectivity index (χ4n) is 2.67. The summed E-state index contributed by atoms with van der Waals surface area (Å²) < 4.78 is 10.7. The first-order chi connectivity index (χ1) is 14.0. The summed E-state index contributed by atoms with van der Waals surface area (Å²) in [6.45, 7) is 3.77. The van der Waals surface area contributed by atoms with E-state index in [9.17, 15) is 9.59 Å². The smallest absolute Gasteiger partial charge is 0.341 e. The fraction of sp³-hybridized carbons (Fsp3) is 0.182. The Morgan fingerprint density at radius 3 is 2.59 bits per heavy atom. The van der Waals surface area contributed by atoms with Gasteiger partial charge in [0, 0.05) is 16.0 Å². The van der Waals surface area contributed by atoms with Crippen molar-refractivity contribution in [2.75, 3.05) is 18.5 Å². The molecular weight excluding hydrogens is 410 g/mol. The quantitative estimate of drug-likeness (QED) is 0.498. The molecule has 0 aliphatic carbocycles. The third-order valence-corrected chi connectivity index (χ3v) is 5.18. The van der Waals surface area contributed by atoms with Gasteiger partial charge < -0.3 is 14.8 Å². The summed E-state index contributed by atoms with van der Waals surface area (Å²) >= 11 is 7.19. The first-order valence-electron chi connectivity index (χ1n) is 9.01. The molecule has 0 fully saturated rings. The molecule has 0 unspecified atom stereocenters. The van der Waals surface area contributed by atoms with E-state index < -0.39 is 5.97 Å². The zero-order valence-corrected chi connectivity index (χ0v) is 17.6. The van der Waals surface area contributed by atoms with Gasteiger partial charge in [-0.25, -0.2) is 4.79 Å². The highest BCUT2D eigenvalue weighted by Gasteiger charge is 2.23. The Hall–Kier alpha value is -2.83. The molecule has 2 aromatic carbocycles.